The molecule has 1 aromatic carbocycles. The summed E-state index contributed by atoms with van der Waals surface area (Å²) in [5.74, 6) is -2.66. The molecule has 0 aromatic heterocycles. The minimum Gasteiger partial charge on any atom is -0.465 e. The molecule has 7 heteroatoms. The molecule has 25 heavy (non-hydrogen) atoms. The number of sulfone groups is 1. The first-order valence-electron chi connectivity index (χ1n) is 7.90. The highest BCUT2D eigenvalue weighted by Gasteiger charge is 2.31. The average molecular weight is 366 g/mol. The Morgan fingerprint density at radius 3 is 2.04 bits per heavy atom. The Morgan fingerprint density at radius 2 is 1.60 bits per heavy atom. The maximum absolute atomic E-state index is 12.6. The second kappa shape index (κ2) is 9.81. The SMILES string of the molecule is C=C=C(CCC(C(=O)OCC)C(=O)OCC)S(=O)(=O)c1ccccc1. The van der Waals surface area contributed by atoms with Crippen LogP contribution in [0.15, 0.2) is 52.4 Å². The minimum absolute atomic E-state index is 0.0679. The molecule has 0 atom stereocenters. The van der Waals surface area contributed by atoms with Gasteiger partial charge in [-0.25, -0.2) is 8.42 Å². The highest BCUT2D eigenvalue weighted by atomic mass is 32.2. The Kier molecular flexibility index (Phi) is 8.11. The Morgan fingerprint density at radius 1 is 1.08 bits per heavy atom. The van der Waals surface area contributed by atoms with Crippen molar-refractivity contribution in [3.63, 3.8) is 0 Å². The minimum atomic E-state index is -3.78. The highest BCUT2D eigenvalue weighted by molar-refractivity contribution is 7.95. The molecule has 0 aliphatic heterocycles. The van der Waals surface area contributed by atoms with Gasteiger partial charge in [-0.15, -0.1) is 5.73 Å². The number of carbonyl (C=O) groups is 2. The van der Waals surface area contributed by atoms with Crippen molar-refractivity contribution < 1.29 is 27.5 Å². The van der Waals surface area contributed by atoms with E-state index in [1.165, 1.54) is 12.1 Å². The van der Waals surface area contributed by atoms with Crippen LogP contribution in [0.1, 0.15) is 26.7 Å². The molecular weight excluding hydrogens is 344 g/mol. The summed E-state index contributed by atoms with van der Waals surface area (Å²) in [4.78, 5) is 23.9. The van der Waals surface area contributed by atoms with Gasteiger partial charge >= 0.3 is 11.9 Å². The van der Waals surface area contributed by atoms with Crippen molar-refractivity contribution in [2.24, 2.45) is 5.92 Å². The molecule has 0 N–H and O–H groups in total. The lowest BCUT2D eigenvalue weighted by molar-refractivity contribution is -0.161. The summed E-state index contributed by atoms with van der Waals surface area (Å²) < 4.78 is 34.9. The van der Waals surface area contributed by atoms with E-state index in [-0.39, 0.29) is 35.9 Å². The molecule has 0 amide bonds. The van der Waals surface area contributed by atoms with Crippen molar-refractivity contribution in [1.29, 1.82) is 0 Å². The van der Waals surface area contributed by atoms with Gasteiger partial charge in [0, 0.05) is 0 Å². The van der Waals surface area contributed by atoms with Crippen LogP contribution in [0, 0.1) is 5.92 Å². The van der Waals surface area contributed by atoms with Crippen LogP contribution in [0.25, 0.3) is 0 Å². The lowest BCUT2D eigenvalue weighted by Gasteiger charge is -2.15. The normalized spacial score (nSPS) is 10.8. The van der Waals surface area contributed by atoms with Crippen molar-refractivity contribution >= 4 is 21.8 Å². The van der Waals surface area contributed by atoms with Crippen LogP contribution in [0.4, 0.5) is 0 Å². The van der Waals surface area contributed by atoms with Crippen molar-refractivity contribution in [3.05, 3.63) is 47.5 Å². The topological polar surface area (TPSA) is 86.7 Å². The summed E-state index contributed by atoms with van der Waals surface area (Å²) in [7, 11) is -3.78. The lowest BCUT2D eigenvalue weighted by Crippen LogP contribution is -2.28. The second-order valence-corrected chi connectivity index (χ2v) is 6.98. The molecule has 0 aliphatic rings. The lowest BCUT2D eigenvalue weighted by atomic mass is 10.0. The van der Waals surface area contributed by atoms with Crippen LogP contribution in [-0.2, 0) is 28.9 Å². The predicted octanol–water partition coefficient (Wildman–Crippen LogP) is 2.65. The Hall–Kier alpha value is -2.37. The van der Waals surface area contributed by atoms with E-state index in [2.05, 4.69) is 12.3 Å². The van der Waals surface area contributed by atoms with Crippen molar-refractivity contribution in [1.82, 2.24) is 0 Å². The van der Waals surface area contributed by atoms with Gasteiger partial charge in [0.1, 0.15) is 0 Å². The zero-order valence-corrected chi connectivity index (χ0v) is 15.2. The van der Waals surface area contributed by atoms with E-state index in [0.717, 1.165) is 0 Å². The largest absolute Gasteiger partial charge is 0.465 e. The Balaban J connectivity index is 2.98. The van der Waals surface area contributed by atoms with Gasteiger partial charge in [0.2, 0.25) is 9.84 Å². The molecule has 136 valence electrons. The fourth-order valence-electron chi connectivity index (χ4n) is 2.15. The average Bonchev–Trinajstić information content (AvgIpc) is 2.59. The molecule has 0 spiro atoms. The summed E-state index contributed by atoms with van der Waals surface area (Å²) >= 11 is 0. The number of esters is 2. The first-order chi connectivity index (χ1) is 11.9. The number of rotatable bonds is 9. The van der Waals surface area contributed by atoms with Crippen LogP contribution >= 0.6 is 0 Å². The summed E-state index contributed by atoms with van der Waals surface area (Å²) in [6, 6.07) is 7.83. The molecule has 0 radical (unpaired) electrons. The van der Waals surface area contributed by atoms with Gasteiger partial charge in [0.25, 0.3) is 0 Å². The van der Waals surface area contributed by atoms with E-state index in [9.17, 15) is 18.0 Å². The number of hydrogen-bond acceptors (Lipinski definition) is 6. The van der Waals surface area contributed by atoms with Gasteiger partial charge < -0.3 is 9.47 Å². The van der Waals surface area contributed by atoms with Crippen LogP contribution in [0.2, 0.25) is 0 Å². The van der Waals surface area contributed by atoms with Crippen LogP contribution in [0.3, 0.4) is 0 Å². The molecule has 0 unspecified atom stereocenters. The zero-order chi connectivity index (χ0) is 18.9. The van der Waals surface area contributed by atoms with E-state index in [1.54, 1.807) is 32.0 Å². The molecule has 0 aliphatic carbocycles. The van der Waals surface area contributed by atoms with Gasteiger partial charge in [0.15, 0.2) is 5.92 Å². The fraction of sp³-hybridized carbons (Fsp3) is 0.389. The molecule has 0 fully saturated rings. The Bertz CT molecular complexity index is 727. The van der Waals surface area contributed by atoms with Gasteiger partial charge in [-0.2, -0.15) is 0 Å². The molecule has 0 bridgehead atoms. The van der Waals surface area contributed by atoms with E-state index >= 15 is 0 Å². The number of ether oxygens (including phenoxy) is 2. The van der Waals surface area contributed by atoms with E-state index < -0.39 is 27.7 Å². The highest BCUT2D eigenvalue weighted by Crippen LogP contribution is 2.24. The first-order valence-corrected chi connectivity index (χ1v) is 9.39. The van der Waals surface area contributed by atoms with Crippen LogP contribution in [0.5, 0.6) is 0 Å². The van der Waals surface area contributed by atoms with Crippen molar-refractivity contribution in [3.8, 4) is 0 Å². The zero-order valence-electron chi connectivity index (χ0n) is 14.4. The third-order valence-electron chi connectivity index (χ3n) is 3.38. The molecule has 0 heterocycles. The molecule has 0 saturated carbocycles. The van der Waals surface area contributed by atoms with E-state index in [0.29, 0.717) is 0 Å². The maximum atomic E-state index is 12.6. The summed E-state index contributed by atoms with van der Waals surface area (Å²) in [6.07, 6.45) is -0.148. The summed E-state index contributed by atoms with van der Waals surface area (Å²) in [5, 5.41) is 0. The van der Waals surface area contributed by atoms with Gasteiger partial charge in [-0.1, -0.05) is 24.8 Å². The molecule has 0 saturated heterocycles. The number of allylic oxidation sites excluding steroid dienone is 1. The van der Waals surface area contributed by atoms with Gasteiger partial charge in [0.05, 0.1) is 23.0 Å². The molecular formula is C18H22O6S. The second-order valence-electron chi connectivity index (χ2n) is 5.01. The van der Waals surface area contributed by atoms with E-state index in [1.807, 2.05) is 0 Å². The quantitative estimate of drug-likeness (QED) is 0.379. The first kappa shape index (κ1) is 20.7. The molecule has 1 rings (SSSR count). The monoisotopic (exact) mass is 366 g/mol. The summed E-state index contributed by atoms with van der Waals surface area (Å²) in [6.45, 7) is 6.88. The molecule has 1 aromatic rings. The number of benzene rings is 1. The number of hydrogen-bond donors (Lipinski definition) is 0. The predicted molar refractivity (Wildman–Crippen MR) is 92.3 cm³/mol. The van der Waals surface area contributed by atoms with Crippen LogP contribution < -0.4 is 0 Å². The third-order valence-corrected chi connectivity index (χ3v) is 5.27. The van der Waals surface area contributed by atoms with E-state index in [4.69, 9.17) is 9.47 Å². The maximum Gasteiger partial charge on any atom is 0.320 e. The standard InChI is InChI=1S/C18H22O6S/c1-4-14(25(21,22)15-10-8-7-9-11-15)12-13-16(17(19)23-5-2)18(20)24-6-3/h7-11,16H,1,5-6,12-13H2,2-3H3. The van der Waals surface area contributed by atoms with Gasteiger partial charge in [-0.05, 0) is 38.8 Å². The van der Waals surface area contributed by atoms with Gasteiger partial charge in [-0.3, -0.25) is 9.59 Å². The van der Waals surface area contributed by atoms with Crippen LogP contribution in [-0.4, -0.2) is 33.6 Å². The number of carbonyl (C=O) groups excluding carboxylic acids is 2. The van der Waals surface area contributed by atoms with Crippen molar-refractivity contribution in [2.45, 2.75) is 31.6 Å². The smallest absolute Gasteiger partial charge is 0.320 e. The summed E-state index contributed by atoms with van der Waals surface area (Å²) in [5.41, 5.74) is 2.41. The molecule has 6 nitrogen and oxygen atoms in total. The Labute approximate surface area is 148 Å². The fourth-order valence-corrected chi connectivity index (χ4v) is 3.53. The van der Waals surface area contributed by atoms with Crippen molar-refractivity contribution in [2.75, 3.05) is 13.2 Å². The third kappa shape index (κ3) is 5.59.